The number of nitrogens with zero attached hydrogens (tertiary/aromatic N) is 3. The summed E-state index contributed by atoms with van der Waals surface area (Å²) in [4.78, 5) is 13.7. The third kappa shape index (κ3) is 4.64. The van der Waals surface area contributed by atoms with Crippen molar-refractivity contribution in [2.24, 2.45) is 0 Å². The lowest BCUT2D eigenvalue weighted by Gasteiger charge is -2.26. The molecule has 0 amide bonds. The maximum Gasteiger partial charge on any atom is 0.226 e. The molecule has 1 aliphatic rings. The van der Waals surface area contributed by atoms with Crippen LogP contribution in [0, 0.1) is 0 Å². The van der Waals surface area contributed by atoms with Gasteiger partial charge in [0.2, 0.25) is 5.88 Å². The first-order chi connectivity index (χ1) is 14.6. The Morgan fingerprint density at radius 1 is 1.13 bits per heavy atom. The fraction of sp³-hybridized carbons (Fsp3) is 0.273. The van der Waals surface area contributed by atoms with E-state index >= 15 is 0 Å². The van der Waals surface area contributed by atoms with Crippen LogP contribution in [0.2, 0.25) is 5.02 Å². The highest BCUT2D eigenvalue weighted by molar-refractivity contribution is 6.30. The predicted octanol–water partition coefficient (Wildman–Crippen LogP) is 2.27. The highest BCUT2D eigenvalue weighted by atomic mass is 35.5. The van der Waals surface area contributed by atoms with Crippen molar-refractivity contribution in [3.8, 4) is 22.7 Å². The molecule has 156 valence electrons. The van der Waals surface area contributed by atoms with Crippen molar-refractivity contribution >= 4 is 17.6 Å². The molecule has 0 atom stereocenters. The van der Waals surface area contributed by atoms with Crippen LogP contribution in [0.4, 0.5) is 0 Å². The van der Waals surface area contributed by atoms with Crippen LogP contribution in [-0.2, 0) is 4.74 Å². The molecule has 0 spiro atoms. The Labute approximate surface area is 179 Å². The molecule has 0 unspecified atom stereocenters. The van der Waals surface area contributed by atoms with E-state index in [0.717, 1.165) is 24.2 Å². The molecule has 2 aromatic carbocycles. The molecule has 0 saturated carbocycles. The number of carboxylic acid groups (broad SMARTS) is 1. The van der Waals surface area contributed by atoms with Gasteiger partial charge in [0.15, 0.2) is 0 Å². The predicted molar refractivity (Wildman–Crippen MR) is 111 cm³/mol. The molecule has 8 heteroatoms. The molecule has 30 heavy (non-hydrogen) atoms. The lowest BCUT2D eigenvalue weighted by molar-refractivity contribution is -0.255. The van der Waals surface area contributed by atoms with Gasteiger partial charge in [-0.1, -0.05) is 35.9 Å². The van der Waals surface area contributed by atoms with Crippen molar-refractivity contribution in [1.29, 1.82) is 0 Å². The van der Waals surface area contributed by atoms with Gasteiger partial charge in [-0.3, -0.25) is 4.90 Å². The molecule has 0 radical (unpaired) electrons. The number of hydrogen-bond donors (Lipinski definition) is 0. The molecular formula is C22H21ClN3O4-. The molecule has 0 aliphatic carbocycles. The number of morpholine rings is 1. The number of benzene rings is 2. The Hall–Kier alpha value is -2.87. The molecule has 0 N–H and O–H groups in total. The lowest BCUT2D eigenvalue weighted by atomic mass is 10.1. The van der Waals surface area contributed by atoms with Gasteiger partial charge < -0.3 is 19.4 Å². The Morgan fingerprint density at radius 2 is 1.90 bits per heavy atom. The summed E-state index contributed by atoms with van der Waals surface area (Å²) in [5.41, 5.74) is 2.60. The molecule has 7 nitrogen and oxygen atoms in total. The quantitative estimate of drug-likeness (QED) is 0.576. The van der Waals surface area contributed by atoms with Crippen molar-refractivity contribution in [2.45, 2.75) is 0 Å². The number of carboxylic acids is 1. The van der Waals surface area contributed by atoms with Gasteiger partial charge in [-0.15, -0.1) is 0 Å². The monoisotopic (exact) mass is 426 g/mol. The average Bonchev–Trinajstić information content (AvgIpc) is 3.19. The Bertz CT molecular complexity index is 1010. The first-order valence-electron chi connectivity index (χ1n) is 9.70. The van der Waals surface area contributed by atoms with Gasteiger partial charge in [0, 0.05) is 24.7 Å². The number of carbonyl (C=O) groups excluding carboxylic acids is 1. The minimum Gasteiger partial charge on any atom is -0.545 e. The number of hydrogen-bond acceptors (Lipinski definition) is 6. The van der Waals surface area contributed by atoms with E-state index in [1.807, 2.05) is 48.5 Å². The molecule has 2 heterocycles. The van der Waals surface area contributed by atoms with Crippen LogP contribution in [0.5, 0.6) is 5.88 Å². The van der Waals surface area contributed by atoms with Crippen molar-refractivity contribution in [3.05, 3.63) is 65.3 Å². The minimum atomic E-state index is -1.32. The number of aromatic carboxylic acids is 1. The molecule has 3 aromatic rings. The number of aromatic nitrogens is 2. The second-order valence-corrected chi connectivity index (χ2v) is 7.36. The van der Waals surface area contributed by atoms with E-state index in [4.69, 9.17) is 21.1 Å². The first kappa shape index (κ1) is 20.4. The molecule has 1 aromatic heterocycles. The van der Waals surface area contributed by atoms with Gasteiger partial charge in [-0.2, -0.15) is 5.10 Å². The van der Waals surface area contributed by atoms with Crippen LogP contribution in [0.3, 0.4) is 0 Å². The van der Waals surface area contributed by atoms with Crippen LogP contribution in [0.25, 0.3) is 16.8 Å². The number of ether oxygens (including phenoxy) is 2. The Balaban J connectivity index is 1.53. The highest BCUT2D eigenvalue weighted by Crippen LogP contribution is 2.26. The van der Waals surface area contributed by atoms with Crippen LogP contribution < -0.4 is 9.84 Å². The van der Waals surface area contributed by atoms with Gasteiger partial charge in [0.25, 0.3) is 0 Å². The zero-order chi connectivity index (χ0) is 20.9. The number of carbonyl (C=O) groups is 1. The van der Waals surface area contributed by atoms with Crippen molar-refractivity contribution < 1.29 is 19.4 Å². The van der Waals surface area contributed by atoms with Gasteiger partial charge in [-0.05, 0) is 35.4 Å². The van der Waals surface area contributed by atoms with E-state index in [1.54, 1.807) is 0 Å². The van der Waals surface area contributed by atoms with Gasteiger partial charge in [0.05, 0.1) is 36.6 Å². The molecular weight excluding hydrogens is 406 g/mol. The first-order valence-corrected chi connectivity index (χ1v) is 10.1. The lowest BCUT2D eigenvalue weighted by Crippen LogP contribution is -2.38. The molecule has 1 aliphatic heterocycles. The van der Waals surface area contributed by atoms with Crippen LogP contribution in [-0.4, -0.2) is 60.1 Å². The third-order valence-corrected chi connectivity index (χ3v) is 5.20. The van der Waals surface area contributed by atoms with E-state index in [9.17, 15) is 9.90 Å². The fourth-order valence-corrected chi connectivity index (χ4v) is 3.55. The summed E-state index contributed by atoms with van der Waals surface area (Å²) in [6.07, 6.45) is 1.25. The Morgan fingerprint density at radius 3 is 2.60 bits per heavy atom. The van der Waals surface area contributed by atoms with Crippen LogP contribution in [0.15, 0.2) is 54.7 Å². The summed E-state index contributed by atoms with van der Waals surface area (Å²) in [6, 6.07) is 15.2. The molecule has 4 rings (SSSR count). The van der Waals surface area contributed by atoms with Crippen LogP contribution in [0.1, 0.15) is 10.4 Å². The maximum atomic E-state index is 11.5. The normalized spacial score (nSPS) is 14.6. The fourth-order valence-electron chi connectivity index (χ4n) is 3.36. The molecule has 1 saturated heterocycles. The molecule has 0 bridgehead atoms. The highest BCUT2D eigenvalue weighted by Gasteiger charge is 2.16. The smallest absolute Gasteiger partial charge is 0.226 e. The second kappa shape index (κ2) is 9.30. The molecule has 1 fully saturated rings. The van der Waals surface area contributed by atoms with Crippen LogP contribution >= 0.6 is 11.6 Å². The summed E-state index contributed by atoms with van der Waals surface area (Å²) in [5.74, 6) is -1.16. The zero-order valence-corrected chi connectivity index (χ0v) is 17.0. The topological polar surface area (TPSA) is 79.6 Å². The summed E-state index contributed by atoms with van der Waals surface area (Å²) in [5, 5.41) is 16.4. The summed E-state index contributed by atoms with van der Waals surface area (Å²) in [6.45, 7) is 4.07. The van der Waals surface area contributed by atoms with E-state index in [-0.39, 0.29) is 11.4 Å². The zero-order valence-electron chi connectivity index (χ0n) is 16.3. The van der Waals surface area contributed by atoms with E-state index in [0.29, 0.717) is 37.1 Å². The van der Waals surface area contributed by atoms with Crippen molar-refractivity contribution in [3.63, 3.8) is 0 Å². The average molecular weight is 427 g/mol. The third-order valence-electron chi connectivity index (χ3n) is 4.96. The van der Waals surface area contributed by atoms with Crippen molar-refractivity contribution in [2.75, 3.05) is 39.5 Å². The van der Waals surface area contributed by atoms with Gasteiger partial charge in [-0.25, -0.2) is 4.68 Å². The number of rotatable bonds is 7. The summed E-state index contributed by atoms with van der Waals surface area (Å²) in [7, 11) is 0. The second-order valence-electron chi connectivity index (χ2n) is 6.92. The van der Waals surface area contributed by atoms with Crippen molar-refractivity contribution in [1.82, 2.24) is 14.7 Å². The summed E-state index contributed by atoms with van der Waals surface area (Å²) < 4.78 is 12.7. The van der Waals surface area contributed by atoms with E-state index in [2.05, 4.69) is 10.00 Å². The largest absolute Gasteiger partial charge is 0.545 e. The summed E-state index contributed by atoms with van der Waals surface area (Å²) >= 11 is 6.08. The van der Waals surface area contributed by atoms with E-state index in [1.165, 1.54) is 10.9 Å². The maximum absolute atomic E-state index is 11.5. The Kier molecular flexibility index (Phi) is 6.32. The standard InChI is InChI=1S/C22H22ClN3O4/c23-18-3-1-2-17(14-18)16-4-6-19(7-5-16)26-21(20(15-24-26)22(27)28)30-13-10-25-8-11-29-12-9-25/h1-7,14-15H,8-13H2,(H,27,28)/p-1. The van der Waals surface area contributed by atoms with Gasteiger partial charge in [0.1, 0.15) is 6.61 Å². The minimum absolute atomic E-state index is 0.0732. The van der Waals surface area contributed by atoms with Gasteiger partial charge >= 0.3 is 0 Å². The number of halogens is 1. The van der Waals surface area contributed by atoms with E-state index < -0.39 is 5.97 Å². The SMILES string of the molecule is O=C([O-])c1cnn(-c2ccc(-c3cccc(Cl)c3)cc2)c1OCCN1CCOCC1.